The average molecular weight is 809 g/mol. The summed E-state index contributed by atoms with van der Waals surface area (Å²) in [7, 11) is 1.67. The van der Waals surface area contributed by atoms with E-state index in [4.69, 9.17) is 4.74 Å². The maximum atomic E-state index is 15.3. The number of carbonyl (C=O) groups excluding carboxylic acids is 1. The number of benzene rings is 18. The van der Waals surface area contributed by atoms with Crippen LogP contribution in [-0.2, 0) is 14.9 Å². The van der Waals surface area contributed by atoms with Gasteiger partial charge in [-0.05, 0) is 313 Å². The Morgan fingerprint density at radius 1 is 0.288 bits per heavy atom. The highest BCUT2D eigenvalue weighted by Gasteiger charge is 2.65. The van der Waals surface area contributed by atoms with E-state index in [1.807, 2.05) is 0 Å². The lowest BCUT2D eigenvalue weighted by atomic mass is 9.53. The summed E-state index contributed by atoms with van der Waals surface area (Å²) in [6.07, 6.45) is 0. The maximum absolute atomic E-state index is 15.3. The van der Waals surface area contributed by atoms with Crippen LogP contribution in [0.1, 0.15) is 35.1 Å². The molecule has 0 fully saturated rings. The van der Waals surface area contributed by atoms with Crippen LogP contribution in [0.3, 0.4) is 0 Å². The lowest BCUT2D eigenvalue weighted by Gasteiger charge is -2.48. The SMILES string of the molecule is COC(=O)C(C)C12c3c4c5c6c7c8c(c9c%10c1c1c3c3c%11c4c4c5c5c7c7c%12c8c8c9c9c%10c%10c1c1c3c3c%11c%11c4c4c5c7c5c7c%12c8c8c9c9c%10c1c1c3c3c%11c4c5c4c7c8c9c1c34)C62. The van der Waals surface area contributed by atoms with Crippen LogP contribution in [0, 0.1) is 5.92 Å². The van der Waals surface area contributed by atoms with Crippen LogP contribution in [0.15, 0.2) is 0 Å². The summed E-state index contributed by atoms with van der Waals surface area (Å²) in [4.78, 5) is 15.3. The highest BCUT2D eigenvalue weighted by atomic mass is 16.5. The van der Waals surface area contributed by atoms with E-state index in [1.165, 1.54) is 32.7 Å². The number of esters is 1. The van der Waals surface area contributed by atoms with E-state index in [-0.39, 0.29) is 17.8 Å². The number of rotatable bonds is 2. The van der Waals surface area contributed by atoms with Gasteiger partial charge in [0.1, 0.15) is 0 Å². The van der Waals surface area contributed by atoms with Crippen LogP contribution in [0.2, 0.25) is 0 Å². The molecule has 32 rings (SSSR count). The van der Waals surface area contributed by atoms with Gasteiger partial charge in [-0.1, -0.05) is 6.92 Å². The number of methoxy groups -OCH3 is 1. The van der Waals surface area contributed by atoms with Gasteiger partial charge in [-0.25, -0.2) is 0 Å². The van der Waals surface area contributed by atoms with E-state index >= 15 is 4.79 Å². The molecule has 4 aliphatic rings. The van der Waals surface area contributed by atoms with E-state index in [1.54, 1.807) is 288 Å². The van der Waals surface area contributed by atoms with Crippen LogP contribution >= 0.6 is 0 Å². The summed E-state index contributed by atoms with van der Waals surface area (Å²) in [6, 6.07) is 0. The van der Waals surface area contributed by atoms with Gasteiger partial charge in [-0.2, -0.15) is 0 Å². The summed E-state index contributed by atoms with van der Waals surface area (Å²) in [6.45, 7) is 2.32. The molecule has 0 spiro atoms. The zero-order chi connectivity index (χ0) is 39.4. The van der Waals surface area contributed by atoms with Crippen molar-refractivity contribution in [3.63, 3.8) is 0 Å². The Morgan fingerprint density at radius 3 is 0.636 bits per heavy atom. The number of hydrogen-bond acceptors (Lipinski definition) is 2. The minimum atomic E-state index is -0.585. The third-order valence-electron chi connectivity index (χ3n) is 24.4. The monoisotopic (exact) mass is 808 g/mol. The summed E-state index contributed by atoms with van der Waals surface area (Å²) >= 11 is 0. The molecule has 0 aliphatic heterocycles. The van der Waals surface area contributed by atoms with Crippen LogP contribution in [0.5, 0.6) is 0 Å². The highest BCUT2D eigenvalue weighted by Crippen LogP contribution is 2.84. The summed E-state index contributed by atoms with van der Waals surface area (Å²) in [5.41, 5.74) is 5.67. The predicted octanol–water partition coefficient (Wildman–Crippen LogP) is 16.9. The molecular weight excluding hydrogens is 801 g/mol. The van der Waals surface area contributed by atoms with Gasteiger partial charge < -0.3 is 4.74 Å². The zero-order valence-electron chi connectivity index (χ0n) is 34.0. The number of ether oxygens (including phenoxy) is 1. The van der Waals surface area contributed by atoms with Crippen molar-refractivity contribution in [1.29, 1.82) is 0 Å². The van der Waals surface area contributed by atoms with Crippen molar-refractivity contribution in [2.45, 2.75) is 18.3 Å². The first kappa shape index (κ1) is 24.3. The molecule has 1 unspecified atom stereocenters. The number of carbonyl (C=O) groups is 1. The lowest BCUT2D eigenvalue weighted by molar-refractivity contribution is -0.147. The van der Waals surface area contributed by atoms with Gasteiger partial charge in [-0.15, -0.1) is 0 Å². The number of hydrogen-bond donors (Lipinski definition) is 0. The average Bonchev–Trinajstić information content (AvgIpc) is 4.18. The Hall–Kier alpha value is -8.07. The lowest BCUT2D eigenvalue weighted by Crippen LogP contribution is -2.46. The molecule has 0 aromatic heterocycles. The molecule has 1 atom stereocenters. The van der Waals surface area contributed by atoms with Crippen molar-refractivity contribution in [1.82, 2.24) is 0 Å². The molecule has 276 valence electrons. The van der Waals surface area contributed by atoms with E-state index in [0.29, 0.717) is 0 Å². The van der Waals surface area contributed by atoms with Crippen molar-refractivity contribution >= 4 is 297 Å². The highest BCUT2D eigenvalue weighted by molar-refractivity contribution is 6.82. The molecule has 0 N–H and O–H groups in total. The molecular formula is C64H8O2. The van der Waals surface area contributed by atoms with Gasteiger partial charge in [0.05, 0.1) is 13.0 Å². The van der Waals surface area contributed by atoms with Crippen LogP contribution in [0.4, 0.5) is 0 Å². The van der Waals surface area contributed by atoms with Crippen LogP contribution < -0.4 is 0 Å². The fourth-order valence-corrected chi connectivity index (χ4v) is 24.3. The maximum Gasteiger partial charge on any atom is 0.309 e. The van der Waals surface area contributed by atoms with E-state index in [2.05, 4.69) is 6.92 Å². The third-order valence-corrected chi connectivity index (χ3v) is 24.4. The van der Waals surface area contributed by atoms with Crippen molar-refractivity contribution < 1.29 is 9.53 Å². The first-order valence-corrected chi connectivity index (χ1v) is 24.6. The quantitative estimate of drug-likeness (QED) is 0.128. The molecule has 2 heteroatoms. The van der Waals surface area contributed by atoms with Gasteiger partial charge in [0.25, 0.3) is 0 Å². The zero-order valence-corrected chi connectivity index (χ0v) is 34.0. The Morgan fingerprint density at radius 2 is 0.439 bits per heavy atom. The molecule has 0 bridgehead atoms. The molecule has 4 aliphatic carbocycles. The molecule has 0 heterocycles. The second-order valence-electron chi connectivity index (χ2n) is 24.4. The second kappa shape index (κ2) is 5.38. The fraction of sp³-hybridized carbons (Fsp3) is 0.0781. The normalized spacial score (nSPS) is 21.7. The molecule has 66 heavy (non-hydrogen) atoms. The topological polar surface area (TPSA) is 26.3 Å². The molecule has 28 aromatic carbocycles. The van der Waals surface area contributed by atoms with Gasteiger partial charge in [0.15, 0.2) is 0 Å². The summed E-state index contributed by atoms with van der Waals surface area (Å²) < 4.78 is 6.12. The van der Waals surface area contributed by atoms with Crippen molar-refractivity contribution in [3.05, 3.63) is 22.3 Å². The minimum absolute atomic E-state index is 0.0486. The predicted molar refractivity (Wildman–Crippen MR) is 276 cm³/mol. The molecule has 2 nitrogen and oxygen atoms in total. The van der Waals surface area contributed by atoms with Gasteiger partial charge in [0.2, 0.25) is 0 Å². The molecule has 0 saturated carbocycles. The minimum Gasteiger partial charge on any atom is -0.469 e. The van der Waals surface area contributed by atoms with Crippen LogP contribution in [0.25, 0.3) is 291 Å². The molecule has 0 radical (unpaired) electrons. The molecule has 28 aromatic rings. The Balaban J connectivity index is 1.26. The third kappa shape index (κ3) is 1.23. The first-order valence-electron chi connectivity index (χ1n) is 24.6. The van der Waals surface area contributed by atoms with Crippen molar-refractivity contribution in [2.75, 3.05) is 7.11 Å². The van der Waals surface area contributed by atoms with Crippen molar-refractivity contribution in [3.8, 4) is 0 Å². The Kier molecular flexibility index (Phi) is 1.98. The fourth-order valence-electron chi connectivity index (χ4n) is 24.3. The Bertz CT molecular complexity index is 6820. The van der Waals surface area contributed by atoms with E-state index in [0.717, 1.165) is 0 Å². The second-order valence-corrected chi connectivity index (χ2v) is 24.4. The summed E-state index contributed by atoms with van der Waals surface area (Å²) in [5.74, 6) is -0.368. The Labute approximate surface area is 358 Å². The molecule has 0 saturated heterocycles. The smallest absolute Gasteiger partial charge is 0.309 e. The van der Waals surface area contributed by atoms with Crippen molar-refractivity contribution in [2.24, 2.45) is 5.92 Å². The van der Waals surface area contributed by atoms with Crippen LogP contribution in [-0.4, -0.2) is 13.1 Å². The first-order chi connectivity index (χ1) is 32.8. The van der Waals surface area contributed by atoms with E-state index in [9.17, 15) is 0 Å². The van der Waals surface area contributed by atoms with Gasteiger partial charge in [0, 0.05) is 11.3 Å². The van der Waals surface area contributed by atoms with Gasteiger partial charge in [-0.3, -0.25) is 4.79 Å². The van der Waals surface area contributed by atoms with Gasteiger partial charge >= 0.3 is 5.97 Å². The standard InChI is InChI=1S/C64H8O2/c1-3(63(65)66-2)64-60-56-50-36-28-20-8-5-4-6-9(8)21-23-19-13(6)15-11-7(4)10-14-12(5)18-22(20)34(36)42-40-26(18)24(14)32-30-16(10)17(11)31-33-25(15)27(19)41-43-35(23)37(29(21)28)51(50)57(60)53(43)55-47(41)45(33)49-39(31)38(30)48-44(32)46(40)54(52(42)56)61(64)58(48)59(49)62(55)64/h3,60H,1-2H3. The summed E-state index contributed by atoms with van der Waals surface area (Å²) in [5, 5.41) is 86.1. The molecule has 0 amide bonds. The van der Waals surface area contributed by atoms with E-state index < -0.39 is 5.41 Å². The largest absolute Gasteiger partial charge is 0.469 e.